The molecule has 0 radical (unpaired) electrons. The molecular weight excluding hydrogens is 230 g/mol. The van der Waals surface area contributed by atoms with Crippen molar-refractivity contribution in [2.45, 2.75) is 13.5 Å². The first-order valence-electron chi connectivity index (χ1n) is 5.79. The van der Waals surface area contributed by atoms with Gasteiger partial charge in [0, 0.05) is 30.5 Å². The number of carbonyl (C=O) groups excluding carboxylic acids is 1. The molecule has 0 aliphatic carbocycles. The smallest absolute Gasteiger partial charge is 0.269 e. The number of rotatable bonds is 5. The van der Waals surface area contributed by atoms with Crippen LogP contribution in [-0.4, -0.2) is 17.4 Å². The highest BCUT2D eigenvalue weighted by Crippen LogP contribution is 2.10. The Balaban J connectivity index is 2.01. The van der Waals surface area contributed by atoms with Gasteiger partial charge in [-0.15, -0.1) is 0 Å². The lowest BCUT2D eigenvalue weighted by molar-refractivity contribution is 0.0951. The zero-order valence-corrected chi connectivity index (χ0v) is 10.1. The molecule has 0 saturated heterocycles. The lowest BCUT2D eigenvalue weighted by atomic mass is 10.2. The van der Waals surface area contributed by atoms with Crippen molar-refractivity contribution < 1.29 is 9.21 Å². The Labute approximate surface area is 105 Å². The van der Waals surface area contributed by atoms with E-state index in [2.05, 4.69) is 15.6 Å². The molecule has 0 unspecified atom stereocenters. The predicted octanol–water partition coefficient (Wildman–Crippen LogP) is 2.04. The summed E-state index contributed by atoms with van der Waals surface area (Å²) in [5, 5.41) is 5.92. The molecular formula is C13H15N3O2. The molecule has 0 aliphatic rings. The van der Waals surface area contributed by atoms with E-state index >= 15 is 0 Å². The normalized spacial score (nSPS) is 10.1. The highest BCUT2D eigenvalue weighted by molar-refractivity contribution is 5.93. The number of carbonyl (C=O) groups is 1. The third kappa shape index (κ3) is 3.10. The van der Waals surface area contributed by atoms with E-state index in [-0.39, 0.29) is 5.91 Å². The van der Waals surface area contributed by atoms with Gasteiger partial charge in [-0.05, 0) is 25.1 Å². The standard InChI is InChI=1S/C13H15N3O2/c1-2-14-13(17)12-7-11(3-5-15-12)16-8-10-4-6-18-9-10/h3-7,9H,2,8H2,1H3,(H,14,17)(H,15,16). The molecule has 5 nitrogen and oxygen atoms in total. The molecule has 2 aromatic rings. The first-order chi connectivity index (χ1) is 8.79. The number of hydrogen-bond acceptors (Lipinski definition) is 4. The number of anilines is 1. The van der Waals surface area contributed by atoms with Crippen LogP contribution in [0.5, 0.6) is 0 Å². The third-order valence-electron chi connectivity index (χ3n) is 2.41. The van der Waals surface area contributed by atoms with Gasteiger partial charge in [-0.1, -0.05) is 0 Å². The second kappa shape index (κ2) is 5.86. The summed E-state index contributed by atoms with van der Waals surface area (Å²) >= 11 is 0. The van der Waals surface area contributed by atoms with Crippen LogP contribution in [0.1, 0.15) is 23.0 Å². The average molecular weight is 245 g/mol. The Morgan fingerprint density at radius 3 is 3.06 bits per heavy atom. The van der Waals surface area contributed by atoms with Gasteiger partial charge in [-0.25, -0.2) is 0 Å². The van der Waals surface area contributed by atoms with Gasteiger partial charge in [-0.2, -0.15) is 0 Å². The SMILES string of the molecule is CCNC(=O)c1cc(NCc2ccoc2)ccn1. The minimum Gasteiger partial charge on any atom is -0.472 e. The summed E-state index contributed by atoms with van der Waals surface area (Å²) in [7, 11) is 0. The van der Waals surface area contributed by atoms with Crippen molar-refractivity contribution in [2.24, 2.45) is 0 Å². The molecule has 18 heavy (non-hydrogen) atoms. The summed E-state index contributed by atoms with van der Waals surface area (Å²) in [5.41, 5.74) is 2.31. The minimum absolute atomic E-state index is 0.163. The Hall–Kier alpha value is -2.30. The van der Waals surface area contributed by atoms with Crippen molar-refractivity contribution in [3.63, 3.8) is 0 Å². The lowest BCUT2D eigenvalue weighted by Crippen LogP contribution is -2.23. The zero-order chi connectivity index (χ0) is 12.8. The van der Waals surface area contributed by atoms with Crippen molar-refractivity contribution in [2.75, 3.05) is 11.9 Å². The molecule has 0 spiro atoms. The van der Waals surface area contributed by atoms with Crippen LogP contribution >= 0.6 is 0 Å². The van der Waals surface area contributed by atoms with Gasteiger partial charge in [0.05, 0.1) is 12.5 Å². The molecule has 1 amide bonds. The summed E-state index contributed by atoms with van der Waals surface area (Å²) in [6.07, 6.45) is 4.92. The van der Waals surface area contributed by atoms with Crippen LogP contribution in [-0.2, 0) is 6.54 Å². The molecule has 94 valence electrons. The Bertz CT molecular complexity index is 509. The van der Waals surface area contributed by atoms with Crippen molar-refractivity contribution in [3.8, 4) is 0 Å². The quantitative estimate of drug-likeness (QED) is 0.845. The highest BCUT2D eigenvalue weighted by atomic mass is 16.3. The predicted molar refractivity (Wildman–Crippen MR) is 68.3 cm³/mol. The molecule has 0 bridgehead atoms. The van der Waals surface area contributed by atoms with Crippen LogP contribution in [0, 0.1) is 0 Å². The summed E-state index contributed by atoms with van der Waals surface area (Å²) in [5.74, 6) is -0.163. The summed E-state index contributed by atoms with van der Waals surface area (Å²) in [4.78, 5) is 15.6. The van der Waals surface area contributed by atoms with Gasteiger partial charge in [-0.3, -0.25) is 9.78 Å². The fourth-order valence-electron chi connectivity index (χ4n) is 1.51. The molecule has 0 atom stereocenters. The molecule has 0 fully saturated rings. The molecule has 0 aromatic carbocycles. The van der Waals surface area contributed by atoms with E-state index in [1.807, 2.05) is 19.1 Å². The van der Waals surface area contributed by atoms with Crippen LogP contribution in [0.15, 0.2) is 41.3 Å². The number of nitrogens with one attached hydrogen (secondary N) is 2. The monoisotopic (exact) mass is 245 g/mol. The Morgan fingerprint density at radius 1 is 1.44 bits per heavy atom. The fourth-order valence-corrected chi connectivity index (χ4v) is 1.51. The largest absolute Gasteiger partial charge is 0.472 e. The second-order valence-corrected chi connectivity index (χ2v) is 3.77. The van der Waals surface area contributed by atoms with Gasteiger partial charge in [0.2, 0.25) is 0 Å². The van der Waals surface area contributed by atoms with Crippen LogP contribution in [0.4, 0.5) is 5.69 Å². The van der Waals surface area contributed by atoms with E-state index < -0.39 is 0 Å². The lowest BCUT2D eigenvalue weighted by Gasteiger charge is -2.06. The molecule has 2 heterocycles. The van der Waals surface area contributed by atoms with Crippen LogP contribution in [0.25, 0.3) is 0 Å². The van der Waals surface area contributed by atoms with Crippen molar-refractivity contribution in [1.82, 2.24) is 10.3 Å². The number of hydrogen-bond donors (Lipinski definition) is 2. The molecule has 5 heteroatoms. The van der Waals surface area contributed by atoms with Gasteiger partial charge >= 0.3 is 0 Å². The maximum atomic E-state index is 11.6. The number of aromatic nitrogens is 1. The first kappa shape index (κ1) is 12.2. The van der Waals surface area contributed by atoms with E-state index in [4.69, 9.17) is 4.42 Å². The van der Waals surface area contributed by atoms with E-state index in [9.17, 15) is 4.79 Å². The van der Waals surface area contributed by atoms with Crippen molar-refractivity contribution >= 4 is 11.6 Å². The molecule has 0 aliphatic heterocycles. The Morgan fingerprint density at radius 2 is 2.33 bits per heavy atom. The maximum absolute atomic E-state index is 11.6. The van der Waals surface area contributed by atoms with Gasteiger partial charge in [0.1, 0.15) is 5.69 Å². The second-order valence-electron chi connectivity index (χ2n) is 3.77. The summed E-state index contributed by atoms with van der Waals surface area (Å²) < 4.78 is 4.98. The number of pyridine rings is 1. The molecule has 0 saturated carbocycles. The van der Waals surface area contributed by atoms with E-state index in [0.717, 1.165) is 11.3 Å². The summed E-state index contributed by atoms with van der Waals surface area (Å²) in [6, 6.07) is 5.44. The van der Waals surface area contributed by atoms with Crippen LogP contribution in [0.3, 0.4) is 0 Å². The first-order valence-corrected chi connectivity index (χ1v) is 5.79. The maximum Gasteiger partial charge on any atom is 0.269 e. The van der Waals surface area contributed by atoms with Crippen LogP contribution in [0.2, 0.25) is 0 Å². The van der Waals surface area contributed by atoms with Gasteiger partial charge in [0.15, 0.2) is 0 Å². The number of nitrogens with zero attached hydrogens (tertiary/aromatic N) is 1. The zero-order valence-electron chi connectivity index (χ0n) is 10.1. The van der Waals surface area contributed by atoms with Gasteiger partial charge in [0.25, 0.3) is 5.91 Å². The molecule has 2 N–H and O–H groups in total. The summed E-state index contributed by atoms with van der Waals surface area (Å²) in [6.45, 7) is 3.11. The number of furan rings is 1. The van der Waals surface area contributed by atoms with E-state index in [1.54, 1.807) is 24.8 Å². The molecule has 2 rings (SSSR count). The average Bonchev–Trinajstić information content (AvgIpc) is 2.90. The highest BCUT2D eigenvalue weighted by Gasteiger charge is 2.06. The van der Waals surface area contributed by atoms with E-state index in [1.165, 1.54) is 0 Å². The van der Waals surface area contributed by atoms with Crippen molar-refractivity contribution in [3.05, 3.63) is 48.2 Å². The number of amides is 1. The molecule has 2 aromatic heterocycles. The minimum atomic E-state index is -0.163. The van der Waals surface area contributed by atoms with Gasteiger partial charge < -0.3 is 15.1 Å². The van der Waals surface area contributed by atoms with E-state index in [0.29, 0.717) is 18.8 Å². The third-order valence-corrected chi connectivity index (χ3v) is 2.41. The topological polar surface area (TPSA) is 67.2 Å². The Kier molecular flexibility index (Phi) is 3.96. The van der Waals surface area contributed by atoms with Crippen LogP contribution < -0.4 is 10.6 Å². The fraction of sp³-hybridized carbons (Fsp3) is 0.231. The van der Waals surface area contributed by atoms with Crippen molar-refractivity contribution in [1.29, 1.82) is 0 Å².